The molecule has 51 heavy (non-hydrogen) atoms. The highest BCUT2D eigenvalue weighted by Gasteiger charge is 2.38. The van der Waals surface area contributed by atoms with Gasteiger partial charge in [-0.15, -0.1) is 0 Å². The SMILES string of the molecule is COc1ccc(-c2ccc(C(CC(=O)O)NC(=O)C3c4cc(Oc5ccc(C(C)(C)C)cc5)ccc4CCN3C(=O)CC3CCCC3)cc2)cc1. The Labute approximate surface area is 300 Å². The van der Waals surface area contributed by atoms with E-state index in [0.29, 0.717) is 47.9 Å². The lowest BCUT2D eigenvalue weighted by Crippen LogP contribution is -2.48. The van der Waals surface area contributed by atoms with E-state index in [4.69, 9.17) is 9.47 Å². The zero-order chi connectivity index (χ0) is 36.1. The standard InChI is InChI=1S/C43H48N2O6/c1-43(2,3)33-16-21-35(22-17-33)51-36-20-15-31-23-24-45(39(46)25-28-7-5-6-8-28)41(37(31)26-36)42(49)44-38(27-40(47)48)32-11-9-29(10-12-32)30-13-18-34(50-4)19-14-30/h9-22,26,28,38,41H,5-8,23-25,27H2,1-4H3,(H,44,49)(H,47,48). The van der Waals surface area contributed by atoms with E-state index in [2.05, 4.69) is 38.2 Å². The molecule has 0 radical (unpaired) electrons. The molecule has 2 aliphatic rings. The molecule has 4 aromatic rings. The molecule has 8 nitrogen and oxygen atoms in total. The van der Waals surface area contributed by atoms with Crippen molar-refractivity contribution in [2.45, 2.75) is 83.2 Å². The Hall–Kier alpha value is -5.11. The number of fused-ring (bicyclic) bond motifs is 1. The van der Waals surface area contributed by atoms with Crippen LogP contribution in [-0.4, -0.2) is 41.4 Å². The Bertz CT molecular complexity index is 1840. The van der Waals surface area contributed by atoms with E-state index >= 15 is 0 Å². The van der Waals surface area contributed by atoms with E-state index in [-0.39, 0.29) is 17.7 Å². The van der Waals surface area contributed by atoms with Gasteiger partial charge in [0.05, 0.1) is 19.6 Å². The summed E-state index contributed by atoms with van der Waals surface area (Å²) in [5.74, 6) is 0.824. The predicted octanol–water partition coefficient (Wildman–Crippen LogP) is 8.79. The molecule has 266 valence electrons. The zero-order valence-electron chi connectivity index (χ0n) is 30.0. The van der Waals surface area contributed by atoms with E-state index < -0.39 is 24.0 Å². The number of nitrogens with zero attached hydrogens (tertiary/aromatic N) is 1. The van der Waals surface area contributed by atoms with Gasteiger partial charge in [-0.05, 0) is 100 Å². The zero-order valence-corrected chi connectivity index (χ0v) is 30.0. The van der Waals surface area contributed by atoms with Crippen molar-refractivity contribution in [3.8, 4) is 28.4 Å². The average molecular weight is 689 g/mol. The molecule has 2 amide bonds. The molecular weight excluding hydrogens is 640 g/mol. The number of methoxy groups -OCH3 is 1. The molecule has 2 unspecified atom stereocenters. The molecule has 0 saturated heterocycles. The van der Waals surface area contributed by atoms with Gasteiger partial charge < -0.3 is 24.8 Å². The molecule has 0 spiro atoms. The summed E-state index contributed by atoms with van der Waals surface area (Å²) in [5.41, 5.74) is 5.47. The first-order chi connectivity index (χ1) is 24.5. The van der Waals surface area contributed by atoms with E-state index in [1.165, 1.54) is 5.56 Å². The maximum absolute atomic E-state index is 14.5. The van der Waals surface area contributed by atoms with Crippen LogP contribution in [0.4, 0.5) is 0 Å². The Morgan fingerprint density at radius 2 is 1.45 bits per heavy atom. The number of carboxylic acids is 1. The summed E-state index contributed by atoms with van der Waals surface area (Å²) in [4.78, 5) is 42.2. The van der Waals surface area contributed by atoms with Gasteiger partial charge >= 0.3 is 5.97 Å². The van der Waals surface area contributed by atoms with Gasteiger partial charge in [0, 0.05) is 13.0 Å². The van der Waals surface area contributed by atoms with Crippen LogP contribution in [0.15, 0.2) is 91.0 Å². The molecule has 2 N–H and O–H groups in total. The molecule has 2 atom stereocenters. The summed E-state index contributed by atoms with van der Waals surface area (Å²) < 4.78 is 11.6. The number of carboxylic acid groups (broad SMARTS) is 1. The quantitative estimate of drug-likeness (QED) is 0.163. The van der Waals surface area contributed by atoms with Crippen LogP contribution in [0.2, 0.25) is 0 Å². The molecule has 1 fully saturated rings. The second-order valence-corrected chi connectivity index (χ2v) is 14.8. The van der Waals surface area contributed by atoms with E-state index in [1.807, 2.05) is 78.9 Å². The normalized spacial score (nSPS) is 16.6. The van der Waals surface area contributed by atoms with Gasteiger partial charge in [-0.1, -0.05) is 88.2 Å². The van der Waals surface area contributed by atoms with Gasteiger partial charge in [0.1, 0.15) is 23.3 Å². The van der Waals surface area contributed by atoms with Crippen LogP contribution in [0.3, 0.4) is 0 Å². The van der Waals surface area contributed by atoms with E-state index in [1.54, 1.807) is 12.0 Å². The summed E-state index contributed by atoms with van der Waals surface area (Å²) in [6.45, 7) is 6.90. The summed E-state index contributed by atoms with van der Waals surface area (Å²) in [7, 11) is 1.62. The summed E-state index contributed by atoms with van der Waals surface area (Å²) in [6, 6.07) is 27.2. The van der Waals surface area contributed by atoms with Crippen molar-refractivity contribution in [2.75, 3.05) is 13.7 Å². The molecule has 1 aliphatic heterocycles. The molecule has 0 aromatic heterocycles. The third-order valence-corrected chi connectivity index (χ3v) is 10.2. The number of nitrogens with one attached hydrogen (secondary N) is 1. The van der Waals surface area contributed by atoms with E-state index in [0.717, 1.165) is 48.1 Å². The number of ether oxygens (including phenoxy) is 2. The number of aliphatic carboxylic acids is 1. The highest BCUT2D eigenvalue weighted by molar-refractivity contribution is 5.90. The van der Waals surface area contributed by atoms with Gasteiger partial charge in [-0.2, -0.15) is 0 Å². The van der Waals surface area contributed by atoms with E-state index in [9.17, 15) is 19.5 Å². The third-order valence-electron chi connectivity index (χ3n) is 10.2. The number of hydrogen-bond donors (Lipinski definition) is 2. The number of carbonyl (C=O) groups excluding carboxylic acids is 2. The van der Waals surface area contributed by atoms with Crippen molar-refractivity contribution < 1.29 is 29.0 Å². The lowest BCUT2D eigenvalue weighted by Gasteiger charge is -2.38. The Balaban J connectivity index is 1.29. The summed E-state index contributed by atoms with van der Waals surface area (Å²) in [5, 5.41) is 12.9. The first kappa shape index (κ1) is 35.7. The first-order valence-electron chi connectivity index (χ1n) is 18.0. The maximum atomic E-state index is 14.5. The molecule has 1 aliphatic carbocycles. The van der Waals surface area contributed by atoms with Crippen molar-refractivity contribution >= 4 is 17.8 Å². The first-order valence-corrected chi connectivity index (χ1v) is 18.0. The highest BCUT2D eigenvalue weighted by atomic mass is 16.5. The van der Waals surface area contributed by atoms with Crippen molar-refractivity contribution in [3.63, 3.8) is 0 Å². The smallest absolute Gasteiger partial charge is 0.305 e. The number of hydrogen-bond acceptors (Lipinski definition) is 5. The molecular formula is C43H48N2O6. The Morgan fingerprint density at radius 3 is 2.06 bits per heavy atom. The fourth-order valence-electron chi connectivity index (χ4n) is 7.31. The molecule has 1 heterocycles. The third kappa shape index (κ3) is 8.62. The van der Waals surface area contributed by atoms with Crippen molar-refractivity contribution in [1.29, 1.82) is 0 Å². The molecule has 1 saturated carbocycles. The second-order valence-electron chi connectivity index (χ2n) is 14.8. The molecule has 4 aromatic carbocycles. The Morgan fingerprint density at radius 1 is 0.843 bits per heavy atom. The lowest BCUT2D eigenvalue weighted by molar-refractivity contribution is -0.143. The van der Waals surface area contributed by atoms with Crippen LogP contribution < -0.4 is 14.8 Å². The number of carbonyl (C=O) groups is 3. The van der Waals surface area contributed by atoms with Crippen LogP contribution in [0.1, 0.15) is 93.6 Å². The average Bonchev–Trinajstić information content (AvgIpc) is 3.63. The summed E-state index contributed by atoms with van der Waals surface area (Å²) in [6.07, 6.45) is 4.99. The minimum Gasteiger partial charge on any atom is -0.497 e. The van der Waals surface area contributed by atoms with Gasteiger partial charge in [-0.25, -0.2) is 0 Å². The van der Waals surface area contributed by atoms with Gasteiger partial charge in [-0.3, -0.25) is 14.4 Å². The Kier molecular flexibility index (Phi) is 10.8. The predicted molar refractivity (Wildman–Crippen MR) is 198 cm³/mol. The molecule has 0 bridgehead atoms. The maximum Gasteiger partial charge on any atom is 0.305 e. The fraction of sp³-hybridized carbons (Fsp3) is 0.372. The lowest BCUT2D eigenvalue weighted by atomic mass is 9.87. The van der Waals surface area contributed by atoms with Crippen molar-refractivity contribution in [3.05, 3.63) is 113 Å². The molecule has 6 rings (SSSR count). The number of rotatable bonds is 11. The summed E-state index contributed by atoms with van der Waals surface area (Å²) >= 11 is 0. The van der Waals surface area contributed by atoms with Crippen LogP contribution in [0.5, 0.6) is 17.2 Å². The van der Waals surface area contributed by atoms with Crippen molar-refractivity contribution in [2.24, 2.45) is 5.92 Å². The minimum atomic E-state index is -1.04. The number of amides is 2. The van der Waals surface area contributed by atoms with Crippen LogP contribution >= 0.6 is 0 Å². The fourth-order valence-corrected chi connectivity index (χ4v) is 7.31. The molecule has 8 heteroatoms. The minimum absolute atomic E-state index is 0.0104. The number of benzene rings is 4. The van der Waals surface area contributed by atoms with Gasteiger partial charge in [0.15, 0.2) is 0 Å². The van der Waals surface area contributed by atoms with Crippen LogP contribution in [-0.2, 0) is 26.2 Å². The largest absolute Gasteiger partial charge is 0.497 e. The van der Waals surface area contributed by atoms with Gasteiger partial charge in [0.2, 0.25) is 11.8 Å². The second kappa shape index (κ2) is 15.4. The monoisotopic (exact) mass is 688 g/mol. The van der Waals surface area contributed by atoms with Crippen LogP contribution in [0, 0.1) is 5.92 Å². The highest BCUT2D eigenvalue weighted by Crippen LogP contribution is 2.37. The van der Waals surface area contributed by atoms with Gasteiger partial charge in [0.25, 0.3) is 0 Å². The topological polar surface area (TPSA) is 105 Å². The van der Waals surface area contributed by atoms with Crippen LogP contribution in [0.25, 0.3) is 11.1 Å². The van der Waals surface area contributed by atoms with Crippen molar-refractivity contribution in [1.82, 2.24) is 10.2 Å².